The van der Waals surface area contributed by atoms with Crippen LogP contribution in [0.5, 0.6) is 0 Å². The predicted octanol–water partition coefficient (Wildman–Crippen LogP) is 2.09. The Morgan fingerprint density at radius 1 is 1.43 bits per heavy atom. The number of carboxylic acids is 1. The topological polar surface area (TPSA) is 92.3 Å². The number of rotatable bonds is 5. The SMILES string of the molecule is CCN(Cc1cccc(C)n1)c1cc(C(=O)O)c(N)cn1. The van der Waals surface area contributed by atoms with E-state index >= 15 is 0 Å². The van der Waals surface area contributed by atoms with Gasteiger partial charge in [-0.1, -0.05) is 6.07 Å². The number of carbonyl (C=O) groups is 1. The molecule has 0 spiro atoms. The smallest absolute Gasteiger partial charge is 0.337 e. The van der Waals surface area contributed by atoms with Crippen molar-refractivity contribution < 1.29 is 9.90 Å². The van der Waals surface area contributed by atoms with Crippen LogP contribution in [0.25, 0.3) is 0 Å². The van der Waals surface area contributed by atoms with Gasteiger partial charge in [0.1, 0.15) is 5.82 Å². The van der Waals surface area contributed by atoms with Crippen LogP contribution in [0.2, 0.25) is 0 Å². The molecule has 0 radical (unpaired) electrons. The van der Waals surface area contributed by atoms with Crippen molar-refractivity contribution in [3.8, 4) is 0 Å². The van der Waals surface area contributed by atoms with Crippen LogP contribution in [-0.2, 0) is 6.54 Å². The molecule has 21 heavy (non-hydrogen) atoms. The highest BCUT2D eigenvalue weighted by molar-refractivity contribution is 5.94. The molecule has 2 rings (SSSR count). The van der Waals surface area contributed by atoms with Gasteiger partial charge in [0.05, 0.1) is 29.7 Å². The van der Waals surface area contributed by atoms with E-state index in [4.69, 9.17) is 10.8 Å². The molecule has 0 aromatic carbocycles. The summed E-state index contributed by atoms with van der Waals surface area (Å²) in [5.74, 6) is -0.478. The summed E-state index contributed by atoms with van der Waals surface area (Å²) in [5.41, 5.74) is 7.71. The lowest BCUT2D eigenvalue weighted by Crippen LogP contribution is -2.24. The maximum atomic E-state index is 11.1. The fourth-order valence-electron chi connectivity index (χ4n) is 2.05. The number of carboxylic acid groups (broad SMARTS) is 1. The molecule has 0 atom stereocenters. The Balaban J connectivity index is 2.29. The first kappa shape index (κ1) is 14.8. The van der Waals surface area contributed by atoms with Crippen molar-refractivity contribution in [2.45, 2.75) is 20.4 Å². The van der Waals surface area contributed by atoms with E-state index in [1.165, 1.54) is 12.3 Å². The van der Waals surface area contributed by atoms with Gasteiger partial charge in [-0.05, 0) is 32.0 Å². The second-order valence-electron chi connectivity index (χ2n) is 4.72. The zero-order valence-corrected chi connectivity index (χ0v) is 12.1. The summed E-state index contributed by atoms with van der Waals surface area (Å²) in [6.45, 7) is 5.16. The third-order valence-corrected chi connectivity index (χ3v) is 3.16. The molecule has 2 aromatic rings. The molecule has 6 nitrogen and oxygen atoms in total. The average Bonchev–Trinajstić information content (AvgIpc) is 2.45. The molecule has 0 amide bonds. The van der Waals surface area contributed by atoms with Gasteiger partial charge in [0.2, 0.25) is 0 Å². The summed E-state index contributed by atoms with van der Waals surface area (Å²) in [6, 6.07) is 7.32. The van der Waals surface area contributed by atoms with Crippen LogP contribution in [0.4, 0.5) is 11.5 Å². The van der Waals surface area contributed by atoms with Gasteiger partial charge in [-0.15, -0.1) is 0 Å². The maximum absolute atomic E-state index is 11.1. The van der Waals surface area contributed by atoms with Crippen LogP contribution in [0.15, 0.2) is 30.5 Å². The van der Waals surface area contributed by atoms with E-state index < -0.39 is 5.97 Å². The second-order valence-corrected chi connectivity index (χ2v) is 4.72. The second kappa shape index (κ2) is 6.21. The third kappa shape index (κ3) is 3.47. The van der Waals surface area contributed by atoms with Crippen LogP contribution in [-0.4, -0.2) is 27.6 Å². The van der Waals surface area contributed by atoms with E-state index in [1.807, 2.05) is 36.9 Å². The lowest BCUT2D eigenvalue weighted by molar-refractivity contribution is 0.0698. The summed E-state index contributed by atoms with van der Waals surface area (Å²) in [4.78, 5) is 21.8. The molecule has 0 aliphatic rings. The third-order valence-electron chi connectivity index (χ3n) is 3.16. The Morgan fingerprint density at radius 2 is 2.19 bits per heavy atom. The van der Waals surface area contributed by atoms with Gasteiger partial charge < -0.3 is 15.7 Å². The Labute approximate surface area is 123 Å². The van der Waals surface area contributed by atoms with E-state index in [9.17, 15) is 4.79 Å². The van der Waals surface area contributed by atoms with E-state index in [0.29, 0.717) is 18.9 Å². The van der Waals surface area contributed by atoms with Crippen molar-refractivity contribution in [2.24, 2.45) is 0 Å². The predicted molar refractivity (Wildman–Crippen MR) is 81.3 cm³/mol. The van der Waals surface area contributed by atoms with Crippen molar-refractivity contribution in [2.75, 3.05) is 17.2 Å². The molecular formula is C15H18N4O2. The summed E-state index contributed by atoms with van der Waals surface area (Å²) in [5, 5.41) is 9.13. The summed E-state index contributed by atoms with van der Waals surface area (Å²) in [6.07, 6.45) is 1.38. The van der Waals surface area contributed by atoms with Crippen molar-refractivity contribution in [1.82, 2.24) is 9.97 Å². The highest BCUT2D eigenvalue weighted by atomic mass is 16.4. The minimum absolute atomic E-state index is 0.0654. The Hall–Kier alpha value is -2.63. The monoisotopic (exact) mass is 286 g/mol. The standard InChI is InChI=1S/C15H18N4O2/c1-3-19(9-11-6-4-5-10(2)18-11)14-7-12(15(20)21)13(16)8-17-14/h4-8H,3,9,16H2,1-2H3,(H,20,21). The van der Waals surface area contributed by atoms with Crippen molar-refractivity contribution in [1.29, 1.82) is 0 Å². The van der Waals surface area contributed by atoms with Crippen LogP contribution >= 0.6 is 0 Å². The van der Waals surface area contributed by atoms with Crippen molar-refractivity contribution in [3.63, 3.8) is 0 Å². The average molecular weight is 286 g/mol. The Morgan fingerprint density at radius 3 is 2.81 bits per heavy atom. The largest absolute Gasteiger partial charge is 0.478 e. The first-order chi connectivity index (χ1) is 10.0. The molecule has 3 N–H and O–H groups in total. The normalized spacial score (nSPS) is 10.4. The fraction of sp³-hybridized carbons (Fsp3) is 0.267. The Bertz CT molecular complexity index is 658. The lowest BCUT2D eigenvalue weighted by atomic mass is 10.2. The number of aromatic carboxylic acids is 1. The summed E-state index contributed by atoms with van der Waals surface area (Å²) >= 11 is 0. The van der Waals surface area contributed by atoms with Gasteiger partial charge in [0.25, 0.3) is 0 Å². The first-order valence-electron chi connectivity index (χ1n) is 6.67. The molecule has 0 bridgehead atoms. The van der Waals surface area contributed by atoms with Gasteiger partial charge in [-0.3, -0.25) is 4.98 Å². The summed E-state index contributed by atoms with van der Waals surface area (Å²) < 4.78 is 0. The zero-order valence-electron chi connectivity index (χ0n) is 12.1. The first-order valence-corrected chi connectivity index (χ1v) is 6.67. The van der Waals surface area contributed by atoms with E-state index in [2.05, 4.69) is 9.97 Å². The molecule has 0 aliphatic heterocycles. The van der Waals surface area contributed by atoms with Gasteiger partial charge in [-0.25, -0.2) is 9.78 Å². The molecule has 0 saturated heterocycles. The minimum atomic E-state index is -1.05. The zero-order chi connectivity index (χ0) is 15.4. The van der Waals surface area contributed by atoms with Gasteiger partial charge in [0, 0.05) is 12.2 Å². The number of aryl methyl sites for hydroxylation is 1. The molecular weight excluding hydrogens is 268 g/mol. The number of nitrogens with two attached hydrogens (primary N) is 1. The Kier molecular flexibility index (Phi) is 4.37. The van der Waals surface area contributed by atoms with Gasteiger partial charge in [0.15, 0.2) is 0 Å². The maximum Gasteiger partial charge on any atom is 0.337 e. The molecule has 0 aliphatic carbocycles. The fourth-order valence-corrected chi connectivity index (χ4v) is 2.05. The van der Waals surface area contributed by atoms with E-state index in [0.717, 1.165) is 11.4 Å². The minimum Gasteiger partial charge on any atom is -0.478 e. The number of aromatic nitrogens is 2. The van der Waals surface area contributed by atoms with E-state index in [1.54, 1.807) is 0 Å². The molecule has 0 saturated carbocycles. The van der Waals surface area contributed by atoms with Gasteiger partial charge in [-0.2, -0.15) is 0 Å². The number of nitrogen functional groups attached to an aromatic ring is 1. The quantitative estimate of drug-likeness (QED) is 0.874. The van der Waals surface area contributed by atoms with Crippen molar-refractivity contribution in [3.05, 3.63) is 47.4 Å². The van der Waals surface area contributed by atoms with Crippen LogP contribution in [0.1, 0.15) is 28.7 Å². The molecule has 2 aromatic heterocycles. The number of nitrogens with zero attached hydrogens (tertiary/aromatic N) is 3. The van der Waals surface area contributed by atoms with Crippen LogP contribution < -0.4 is 10.6 Å². The van der Waals surface area contributed by atoms with Crippen molar-refractivity contribution >= 4 is 17.5 Å². The molecule has 110 valence electrons. The number of pyridine rings is 2. The van der Waals surface area contributed by atoms with E-state index in [-0.39, 0.29) is 11.3 Å². The van der Waals surface area contributed by atoms with Crippen LogP contribution in [0, 0.1) is 6.92 Å². The highest BCUT2D eigenvalue weighted by Crippen LogP contribution is 2.19. The van der Waals surface area contributed by atoms with Gasteiger partial charge >= 0.3 is 5.97 Å². The molecule has 0 fully saturated rings. The molecule has 0 unspecified atom stereocenters. The van der Waals surface area contributed by atoms with Crippen LogP contribution in [0.3, 0.4) is 0 Å². The molecule has 6 heteroatoms. The number of hydrogen-bond acceptors (Lipinski definition) is 5. The highest BCUT2D eigenvalue weighted by Gasteiger charge is 2.14. The lowest BCUT2D eigenvalue weighted by Gasteiger charge is -2.22. The summed E-state index contributed by atoms with van der Waals surface area (Å²) in [7, 11) is 0. The number of anilines is 2. The number of hydrogen-bond donors (Lipinski definition) is 2. The molecule has 2 heterocycles.